The molecule has 0 fully saturated rings. The van der Waals surface area contributed by atoms with E-state index in [9.17, 15) is 4.79 Å². The van der Waals surface area contributed by atoms with E-state index >= 15 is 0 Å². The second-order valence-electron chi connectivity index (χ2n) is 3.90. The molecule has 3 rings (SSSR count). The highest BCUT2D eigenvalue weighted by Crippen LogP contribution is 2.30. The number of nitrogens with zero attached hydrogens (tertiary/aromatic N) is 1. The summed E-state index contributed by atoms with van der Waals surface area (Å²) in [6.45, 7) is 0. The Hall–Kier alpha value is -1.44. The number of carbonyl (C=O) groups excluding carboxylic acids is 1. The minimum atomic E-state index is -0.155. The summed E-state index contributed by atoms with van der Waals surface area (Å²) >= 11 is 6.16. The maximum atomic E-state index is 12.1. The fraction of sp³-hybridized carbons (Fsp3) is 0.0769. The lowest BCUT2D eigenvalue weighted by atomic mass is 10.3. The topological polar surface area (TPSA) is 51.2 Å². The molecule has 0 aliphatic carbocycles. The second kappa shape index (κ2) is 5.51. The molecule has 1 N–H and O–H groups in total. The van der Waals surface area contributed by atoms with E-state index < -0.39 is 0 Å². The fourth-order valence-corrected chi connectivity index (χ4v) is 4.03. The molecule has 1 amide bonds. The van der Waals surface area contributed by atoms with Gasteiger partial charge in [0.1, 0.15) is 10.6 Å². The molecule has 0 saturated heterocycles. The van der Waals surface area contributed by atoms with E-state index in [1.807, 2.05) is 29.6 Å². The molecule has 1 aromatic carbocycles. The molecule has 0 radical (unpaired) electrons. The van der Waals surface area contributed by atoms with E-state index in [1.54, 1.807) is 7.11 Å². The van der Waals surface area contributed by atoms with Gasteiger partial charge in [-0.05, 0) is 45.6 Å². The third-order valence-electron chi connectivity index (χ3n) is 2.64. The van der Waals surface area contributed by atoms with Gasteiger partial charge in [-0.2, -0.15) is 0 Å². The van der Waals surface area contributed by atoms with Crippen molar-refractivity contribution in [3.05, 3.63) is 39.0 Å². The van der Waals surface area contributed by atoms with Gasteiger partial charge in [0, 0.05) is 4.47 Å². The van der Waals surface area contributed by atoms with Crippen molar-refractivity contribution in [2.24, 2.45) is 0 Å². The molecular weight excluding hydrogens is 360 g/mol. The van der Waals surface area contributed by atoms with Crippen molar-refractivity contribution in [1.29, 1.82) is 0 Å². The maximum Gasteiger partial charge on any atom is 0.268 e. The van der Waals surface area contributed by atoms with Gasteiger partial charge in [-0.25, -0.2) is 4.98 Å². The molecule has 0 spiro atoms. The first-order valence-corrected chi connectivity index (χ1v) is 8.15. The van der Waals surface area contributed by atoms with Gasteiger partial charge in [0.2, 0.25) is 0 Å². The van der Waals surface area contributed by atoms with Crippen molar-refractivity contribution in [2.45, 2.75) is 0 Å². The van der Waals surface area contributed by atoms with Crippen LogP contribution in [-0.2, 0) is 0 Å². The Balaban J connectivity index is 1.88. The Morgan fingerprint density at radius 1 is 1.40 bits per heavy atom. The van der Waals surface area contributed by atoms with Crippen LogP contribution < -0.4 is 10.1 Å². The largest absolute Gasteiger partial charge is 0.497 e. The van der Waals surface area contributed by atoms with Crippen LogP contribution in [0.15, 0.2) is 34.1 Å². The van der Waals surface area contributed by atoms with E-state index in [4.69, 9.17) is 4.74 Å². The standard InChI is InChI=1S/C13H9BrN2O2S2/c1-18-7-2-3-9-10(6-7)20-13(15-9)16-12(17)11-8(14)4-5-19-11/h2-6H,1H3,(H,15,16,17). The predicted octanol–water partition coefficient (Wildman–Crippen LogP) is 4.38. The number of thiophene rings is 1. The molecule has 102 valence electrons. The van der Waals surface area contributed by atoms with Gasteiger partial charge in [-0.15, -0.1) is 11.3 Å². The average Bonchev–Trinajstić information content (AvgIpc) is 3.03. The van der Waals surface area contributed by atoms with Crippen molar-refractivity contribution in [2.75, 3.05) is 12.4 Å². The molecule has 0 bridgehead atoms. The number of aromatic nitrogens is 1. The first kappa shape index (κ1) is 13.5. The Kier molecular flexibility index (Phi) is 3.73. The van der Waals surface area contributed by atoms with Crippen LogP contribution in [-0.4, -0.2) is 18.0 Å². The number of benzene rings is 1. The van der Waals surface area contributed by atoms with Crippen molar-refractivity contribution in [3.8, 4) is 5.75 Å². The summed E-state index contributed by atoms with van der Waals surface area (Å²) in [5.41, 5.74) is 0.844. The predicted molar refractivity (Wildman–Crippen MR) is 86.1 cm³/mol. The quantitative estimate of drug-likeness (QED) is 0.745. The molecule has 0 atom stereocenters. The molecule has 2 aromatic heterocycles. The highest BCUT2D eigenvalue weighted by atomic mass is 79.9. The number of methoxy groups -OCH3 is 1. The molecule has 4 nitrogen and oxygen atoms in total. The number of carbonyl (C=O) groups is 1. The number of anilines is 1. The van der Waals surface area contributed by atoms with E-state index in [0.717, 1.165) is 20.4 Å². The van der Waals surface area contributed by atoms with Crippen LogP contribution in [0.3, 0.4) is 0 Å². The van der Waals surface area contributed by atoms with E-state index in [-0.39, 0.29) is 5.91 Å². The summed E-state index contributed by atoms with van der Waals surface area (Å²) in [7, 11) is 1.62. The van der Waals surface area contributed by atoms with Crippen LogP contribution >= 0.6 is 38.6 Å². The smallest absolute Gasteiger partial charge is 0.268 e. The minimum absolute atomic E-state index is 0.155. The van der Waals surface area contributed by atoms with E-state index in [0.29, 0.717) is 10.0 Å². The highest BCUT2D eigenvalue weighted by molar-refractivity contribution is 9.10. The molecule has 0 aliphatic heterocycles. The zero-order valence-electron chi connectivity index (χ0n) is 10.3. The van der Waals surface area contributed by atoms with Crippen LogP contribution in [0.25, 0.3) is 10.2 Å². The summed E-state index contributed by atoms with van der Waals surface area (Å²) in [6, 6.07) is 7.48. The summed E-state index contributed by atoms with van der Waals surface area (Å²) in [5, 5.41) is 5.27. The third kappa shape index (κ3) is 2.56. The van der Waals surface area contributed by atoms with Gasteiger partial charge in [0.05, 0.1) is 17.3 Å². The molecule has 3 aromatic rings. The normalized spacial score (nSPS) is 10.7. The highest BCUT2D eigenvalue weighted by Gasteiger charge is 2.14. The first-order valence-electron chi connectivity index (χ1n) is 5.66. The molecule has 7 heteroatoms. The number of ether oxygens (including phenoxy) is 1. The maximum absolute atomic E-state index is 12.1. The van der Waals surface area contributed by atoms with Gasteiger partial charge in [0.25, 0.3) is 5.91 Å². The van der Waals surface area contributed by atoms with Crippen LogP contribution in [0, 0.1) is 0 Å². The minimum Gasteiger partial charge on any atom is -0.497 e. The Labute approximate surface area is 131 Å². The lowest BCUT2D eigenvalue weighted by Gasteiger charge is -1.98. The van der Waals surface area contributed by atoms with Gasteiger partial charge < -0.3 is 4.74 Å². The molecule has 0 unspecified atom stereocenters. The summed E-state index contributed by atoms with van der Waals surface area (Å²) in [6.07, 6.45) is 0. The number of thiazole rings is 1. The molecule has 0 aliphatic rings. The number of rotatable bonds is 3. The zero-order valence-corrected chi connectivity index (χ0v) is 13.6. The Morgan fingerprint density at radius 3 is 2.95 bits per heavy atom. The van der Waals surface area contributed by atoms with Crippen molar-refractivity contribution >= 4 is 59.9 Å². The first-order chi connectivity index (χ1) is 9.67. The summed E-state index contributed by atoms with van der Waals surface area (Å²) < 4.78 is 6.95. The fourth-order valence-electron chi connectivity index (χ4n) is 1.70. The monoisotopic (exact) mass is 368 g/mol. The Bertz CT molecular complexity index is 782. The summed E-state index contributed by atoms with van der Waals surface area (Å²) in [4.78, 5) is 17.1. The number of nitrogens with one attached hydrogen (secondary N) is 1. The zero-order chi connectivity index (χ0) is 14.1. The molecule has 2 heterocycles. The summed E-state index contributed by atoms with van der Waals surface area (Å²) in [5.74, 6) is 0.623. The number of hydrogen-bond acceptors (Lipinski definition) is 5. The second-order valence-corrected chi connectivity index (χ2v) is 6.71. The van der Waals surface area contributed by atoms with E-state index in [1.165, 1.54) is 22.7 Å². The van der Waals surface area contributed by atoms with Gasteiger partial charge >= 0.3 is 0 Å². The van der Waals surface area contributed by atoms with Crippen LogP contribution in [0.1, 0.15) is 9.67 Å². The van der Waals surface area contributed by atoms with E-state index in [2.05, 4.69) is 26.2 Å². The average molecular weight is 369 g/mol. The van der Waals surface area contributed by atoms with Crippen LogP contribution in [0.2, 0.25) is 0 Å². The number of fused-ring (bicyclic) bond motifs is 1. The van der Waals surface area contributed by atoms with Crippen LogP contribution in [0.4, 0.5) is 5.13 Å². The lowest BCUT2D eigenvalue weighted by molar-refractivity contribution is 0.103. The molecule has 20 heavy (non-hydrogen) atoms. The lowest BCUT2D eigenvalue weighted by Crippen LogP contribution is -2.10. The van der Waals surface area contributed by atoms with Crippen molar-refractivity contribution < 1.29 is 9.53 Å². The third-order valence-corrected chi connectivity index (χ3v) is 5.41. The van der Waals surface area contributed by atoms with Crippen LogP contribution in [0.5, 0.6) is 5.75 Å². The van der Waals surface area contributed by atoms with Gasteiger partial charge in [-0.1, -0.05) is 11.3 Å². The molecular formula is C13H9BrN2O2S2. The van der Waals surface area contributed by atoms with Crippen molar-refractivity contribution in [1.82, 2.24) is 4.98 Å². The van der Waals surface area contributed by atoms with Gasteiger partial charge in [-0.3, -0.25) is 10.1 Å². The number of amides is 1. The van der Waals surface area contributed by atoms with Gasteiger partial charge in [0.15, 0.2) is 5.13 Å². The molecule has 0 saturated carbocycles. The SMILES string of the molecule is COc1ccc2nc(NC(=O)c3sccc3Br)sc2c1. The Morgan fingerprint density at radius 2 is 2.25 bits per heavy atom. The number of hydrogen-bond donors (Lipinski definition) is 1. The van der Waals surface area contributed by atoms with Crippen molar-refractivity contribution in [3.63, 3.8) is 0 Å². The number of halogens is 1.